The van der Waals surface area contributed by atoms with Crippen molar-refractivity contribution in [3.8, 4) is 0 Å². The molecule has 116 valence electrons. The molecule has 0 bridgehead atoms. The molecule has 1 atom stereocenters. The lowest BCUT2D eigenvalue weighted by Gasteiger charge is -2.15. The molecule has 0 radical (unpaired) electrons. The highest BCUT2D eigenvalue weighted by molar-refractivity contribution is 9.10. The molecule has 1 aromatic carbocycles. The maximum atomic E-state index is 11.8. The summed E-state index contributed by atoms with van der Waals surface area (Å²) in [5, 5.41) is 16.8. The van der Waals surface area contributed by atoms with Crippen molar-refractivity contribution in [1.29, 1.82) is 0 Å². The normalized spacial score (nSPS) is 12.2. The van der Waals surface area contributed by atoms with Crippen molar-refractivity contribution in [1.82, 2.24) is 10.6 Å². The predicted molar refractivity (Wildman–Crippen MR) is 84.9 cm³/mol. The van der Waals surface area contributed by atoms with Crippen LogP contribution >= 0.6 is 15.9 Å². The predicted octanol–water partition coefficient (Wildman–Crippen LogP) is 2.61. The van der Waals surface area contributed by atoms with Crippen LogP contribution in [0.25, 0.3) is 0 Å². The number of hydrogen-bond donors (Lipinski definition) is 2. The van der Waals surface area contributed by atoms with Crippen LogP contribution < -0.4 is 10.6 Å². The highest BCUT2D eigenvalue weighted by Gasteiger charge is 2.15. The second-order valence-corrected chi connectivity index (χ2v) is 6.14. The van der Waals surface area contributed by atoms with Crippen LogP contribution in [-0.2, 0) is 11.3 Å². The van der Waals surface area contributed by atoms with E-state index in [9.17, 15) is 14.9 Å². The van der Waals surface area contributed by atoms with E-state index >= 15 is 0 Å². The van der Waals surface area contributed by atoms with Crippen molar-refractivity contribution < 1.29 is 9.72 Å². The van der Waals surface area contributed by atoms with Gasteiger partial charge in [-0.1, -0.05) is 19.9 Å². The van der Waals surface area contributed by atoms with Gasteiger partial charge in [-0.3, -0.25) is 14.9 Å². The molecular weight excluding hydrogens is 338 g/mol. The van der Waals surface area contributed by atoms with Gasteiger partial charge in [-0.2, -0.15) is 0 Å². The quantitative estimate of drug-likeness (QED) is 0.580. The zero-order valence-corrected chi connectivity index (χ0v) is 13.9. The minimum atomic E-state index is -0.438. The Morgan fingerprint density at radius 1 is 1.38 bits per heavy atom. The second kappa shape index (κ2) is 8.09. The summed E-state index contributed by atoms with van der Waals surface area (Å²) in [7, 11) is 0. The lowest BCUT2D eigenvalue weighted by molar-refractivity contribution is -0.385. The zero-order chi connectivity index (χ0) is 16.0. The summed E-state index contributed by atoms with van der Waals surface area (Å²) in [6, 6.07) is 4.56. The van der Waals surface area contributed by atoms with Gasteiger partial charge in [0, 0.05) is 19.2 Å². The van der Waals surface area contributed by atoms with Gasteiger partial charge < -0.3 is 10.6 Å². The maximum Gasteiger partial charge on any atom is 0.283 e. The average Bonchev–Trinajstić information content (AvgIpc) is 2.43. The number of nitrogens with zero attached hydrogens (tertiary/aromatic N) is 1. The maximum absolute atomic E-state index is 11.8. The second-order valence-electron chi connectivity index (χ2n) is 5.28. The van der Waals surface area contributed by atoms with Gasteiger partial charge in [0.15, 0.2) is 0 Å². The van der Waals surface area contributed by atoms with Gasteiger partial charge in [0.2, 0.25) is 5.91 Å². The molecule has 0 fully saturated rings. The molecule has 1 aromatic rings. The number of rotatable bonds is 7. The van der Waals surface area contributed by atoms with E-state index in [0.717, 1.165) is 5.56 Å². The number of carbonyl (C=O) groups excluding carboxylic acids is 1. The minimum Gasteiger partial charge on any atom is -0.354 e. The number of nitro groups is 1. The number of amides is 1. The first-order valence-electron chi connectivity index (χ1n) is 6.75. The Morgan fingerprint density at radius 3 is 2.62 bits per heavy atom. The van der Waals surface area contributed by atoms with Crippen molar-refractivity contribution >= 4 is 27.5 Å². The molecular formula is C14H20BrN3O3. The van der Waals surface area contributed by atoms with E-state index in [0.29, 0.717) is 23.5 Å². The van der Waals surface area contributed by atoms with Crippen LogP contribution in [0.1, 0.15) is 26.3 Å². The van der Waals surface area contributed by atoms with Crippen LogP contribution in [0.3, 0.4) is 0 Å². The van der Waals surface area contributed by atoms with Crippen molar-refractivity contribution in [2.75, 3.05) is 6.54 Å². The summed E-state index contributed by atoms with van der Waals surface area (Å²) < 4.78 is 0.443. The molecule has 0 spiro atoms. The number of nitro benzene ring substituents is 1. The summed E-state index contributed by atoms with van der Waals surface area (Å²) in [5.41, 5.74) is 0.777. The van der Waals surface area contributed by atoms with Gasteiger partial charge in [-0.05, 0) is 40.4 Å². The average molecular weight is 358 g/mol. The molecule has 21 heavy (non-hydrogen) atoms. The van der Waals surface area contributed by atoms with Crippen molar-refractivity contribution in [3.05, 3.63) is 38.3 Å². The number of halogens is 1. The van der Waals surface area contributed by atoms with Crippen LogP contribution in [0.15, 0.2) is 22.7 Å². The number of benzene rings is 1. The molecule has 0 saturated heterocycles. The molecule has 0 aliphatic rings. The Labute approximate surface area is 132 Å². The summed E-state index contributed by atoms with van der Waals surface area (Å²) >= 11 is 3.14. The number of hydrogen-bond acceptors (Lipinski definition) is 4. The fourth-order valence-electron chi connectivity index (χ4n) is 1.63. The first-order valence-corrected chi connectivity index (χ1v) is 7.54. The highest BCUT2D eigenvalue weighted by Crippen LogP contribution is 2.25. The van der Waals surface area contributed by atoms with E-state index < -0.39 is 4.92 Å². The van der Waals surface area contributed by atoms with Gasteiger partial charge >= 0.3 is 0 Å². The van der Waals surface area contributed by atoms with Crippen molar-refractivity contribution in [2.45, 2.75) is 33.4 Å². The van der Waals surface area contributed by atoms with Crippen LogP contribution in [0.4, 0.5) is 5.69 Å². The van der Waals surface area contributed by atoms with E-state index in [-0.39, 0.29) is 17.6 Å². The largest absolute Gasteiger partial charge is 0.354 e. The Bertz CT molecular complexity index is 520. The van der Waals surface area contributed by atoms with Crippen LogP contribution in [0.2, 0.25) is 0 Å². The van der Waals surface area contributed by atoms with E-state index in [4.69, 9.17) is 0 Å². The molecule has 6 nitrogen and oxygen atoms in total. The van der Waals surface area contributed by atoms with Gasteiger partial charge in [-0.25, -0.2) is 0 Å². The molecule has 1 unspecified atom stereocenters. The van der Waals surface area contributed by atoms with Crippen molar-refractivity contribution in [3.63, 3.8) is 0 Å². The highest BCUT2D eigenvalue weighted by atomic mass is 79.9. The number of nitrogens with one attached hydrogen (secondary N) is 2. The first-order chi connectivity index (χ1) is 9.81. The van der Waals surface area contributed by atoms with Crippen LogP contribution in [0, 0.1) is 16.0 Å². The molecule has 0 heterocycles. The molecule has 0 aliphatic carbocycles. The fraction of sp³-hybridized carbons (Fsp3) is 0.500. The lowest BCUT2D eigenvalue weighted by Crippen LogP contribution is -2.42. The van der Waals surface area contributed by atoms with E-state index in [1.807, 2.05) is 13.8 Å². The Kier molecular flexibility index (Phi) is 6.77. The smallest absolute Gasteiger partial charge is 0.283 e. The third kappa shape index (κ3) is 5.81. The monoisotopic (exact) mass is 357 g/mol. The van der Waals surface area contributed by atoms with Crippen molar-refractivity contribution in [2.24, 2.45) is 5.92 Å². The van der Waals surface area contributed by atoms with E-state index in [1.54, 1.807) is 19.1 Å². The van der Waals surface area contributed by atoms with Crippen LogP contribution in [0.5, 0.6) is 0 Å². The molecule has 1 rings (SSSR count). The number of carbonyl (C=O) groups is 1. The standard InChI is InChI=1S/C14H20BrN3O3/c1-9(2)7-17-14(19)10(3)16-8-11-4-5-12(15)13(6-11)18(20)21/h4-6,9-10,16H,7-8H2,1-3H3,(H,17,19). The Hall–Kier alpha value is -1.47. The SMILES string of the molecule is CC(C)CNC(=O)C(C)NCc1ccc(Br)c([N+](=O)[O-])c1. The summed E-state index contributed by atoms with van der Waals surface area (Å²) in [6.07, 6.45) is 0. The molecule has 2 N–H and O–H groups in total. The topological polar surface area (TPSA) is 84.3 Å². The zero-order valence-electron chi connectivity index (χ0n) is 12.4. The Balaban J connectivity index is 2.57. The molecule has 0 saturated carbocycles. The summed E-state index contributed by atoms with van der Waals surface area (Å²) in [4.78, 5) is 22.2. The van der Waals surface area contributed by atoms with E-state index in [1.165, 1.54) is 6.07 Å². The Morgan fingerprint density at radius 2 is 2.05 bits per heavy atom. The van der Waals surface area contributed by atoms with Gasteiger partial charge in [0.1, 0.15) is 0 Å². The molecule has 1 amide bonds. The lowest BCUT2D eigenvalue weighted by atomic mass is 10.2. The van der Waals surface area contributed by atoms with E-state index in [2.05, 4.69) is 26.6 Å². The first kappa shape index (κ1) is 17.6. The molecule has 0 aromatic heterocycles. The fourth-order valence-corrected chi connectivity index (χ4v) is 2.02. The summed E-state index contributed by atoms with van der Waals surface area (Å²) in [6.45, 7) is 6.85. The third-order valence-corrected chi connectivity index (χ3v) is 3.57. The summed E-state index contributed by atoms with van der Waals surface area (Å²) in [5.74, 6) is 0.325. The molecule has 7 heteroatoms. The minimum absolute atomic E-state index is 0.0196. The van der Waals surface area contributed by atoms with Gasteiger partial charge in [0.05, 0.1) is 15.4 Å². The molecule has 0 aliphatic heterocycles. The van der Waals surface area contributed by atoms with Crippen LogP contribution in [-0.4, -0.2) is 23.4 Å². The van der Waals surface area contributed by atoms with Gasteiger partial charge in [-0.15, -0.1) is 0 Å². The third-order valence-electron chi connectivity index (χ3n) is 2.90. The van der Waals surface area contributed by atoms with Gasteiger partial charge in [0.25, 0.3) is 5.69 Å².